The Morgan fingerprint density at radius 1 is 1.00 bits per heavy atom. The largest absolute Gasteiger partial charge is 0.481 e. The molecule has 0 bridgehead atoms. The fourth-order valence-electron chi connectivity index (χ4n) is 2.65. The predicted octanol–water partition coefficient (Wildman–Crippen LogP) is 5.81. The second kappa shape index (κ2) is 12.1. The zero-order valence-electron chi connectivity index (χ0n) is 13.6. The topological polar surface area (TPSA) is 37.3 Å². The summed E-state index contributed by atoms with van der Waals surface area (Å²) in [5, 5.41) is 10.3. The number of allylic oxidation sites excluding steroid dienone is 2. The maximum Gasteiger partial charge on any atom is 0.303 e. The van der Waals surface area contributed by atoms with Gasteiger partial charge in [0.05, 0.1) is 0 Å². The zero-order valence-corrected chi connectivity index (χ0v) is 14.4. The van der Waals surface area contributed by atoms with Crippen molar-refractivity contribution in [3.05, 3.63) is 12.2 Å². The van der Waals surface area contributed by atoms with Gasteiger partial charge in [-0.3, -0.25) is 4.79 Å². The number of carboxylic acid groups (broad SMARTS) is 1. The summed E-state index contributed by atoms with van der Waals surface area (Å²) in [4.78, 5) is 10.4. The molecule has 1 rings (SSSR count). The molecule has 0 aromatic rings. The van der Waals surface area contributed by atoms with Crippen LogP contribution in [0.1, 0.15) is 84.0 Å². The highest BCUT2D eigenvalue weighted by Crippen LogP contribution is 2.46. The maximum absolute atomic E-state index is 10.4. The van der Waals surface area contributed by atoms with E-state index in [-0.39, 0.29) is 0 Å². The smallest absolute Gasteiger partial charge is 0.303 e. The summed E-state index contributed by atoms with van der Waals surface area (Å²) in [6.07, 6.45) is 18.7. The molecule has 1 aliphatic heterocycles. The molecule has 2 atom stereocenters. The van der Waals surface area contributed by atoms with E-state index in [0.717, 1.165) is 23.3 Å². The van der Waals surface area contributed by atoms with Gasteiger partial charge < -0.3 is 5.11 Å². The van der Waals surface area contributed by atoms with Gasteiger partial charge in [0.15, 0.2) is 0 Å². The number of rotatable bonds is 14. The van der Waals surface area contributed by atoms with Crippen molar-refractivity contribution in [1.29, 1.82) is 0 Å². The number of hydrogen-bond donors (Lipinski definition) is 1. The van der Waals surface area contributed by atoms with Crippen LogP contribution < -0.4 is 0 Å². The summed E-state index contributed by atoms with van der Waals surface area (Å²) in [5.74, 6) is -0.657. The molecule has 122 valence electrons. The Kier molecular flexibility index (Phi) is 10.8. The third kappa shape index (κ3) is 10.9. The lowest BCUT2D eigenvalue weighted by atomic mass is 10.1. The Bertz CT molecular complexity index is 302. The number of unbranched alkanes of at least 4 members (excludes halogenated alkanes) is 7. The van der Waals surface area contributed by atoms with Crippen molar-refractivity contribution in [3.8, 4) is 0 Å². The SMILES string of the molecule is CCCCC/C=C/CC1SC1CCCCCCCC(=O)O. The molecule has 2 nitrogen and oxygen atoms in total. The second-order valence-electron chi connectivity index (χ2n) is 6.12. The third-order valence-electron chi connectivity index (χ3n) is 4.08. The highest BCUT2D eigenvalue weighted by atomic mass is 32.2. The minimum Gasteiger partial charge on any atom is -0.481 e. The molecule has 0 aromatic heterocycles. The van der Waals surface area contributed by atoms with Crippen molar-refractivity contribution in [1.82, 2.24) is 0 Å². The van der Waals surface area contributed by atoms with Crippen LogP contribution in [0.15, 0.2) is 12.2 Å². The van der Waals surface area contributed by atoms with E-state index >= 15 is 0 Å². The quantitative estimate of drug-likeness (QED) is 0.250. The van der Waals surface area contributed by atoms with E-state index in [1.54, 1.807) is 0 Å². The minimum absolute atomic E-state index is 0.338. The normalized spacial score (nSPS) is 21.0. The summed E-state index contributed by atoms with van der Waals surface area (Å²) >= 11 is 2.15. The summed E-state index contributed by atoms with van der Waals surface area (Å²) in [7, 11) is 0. The lowest BCUT2D eigenvalue weighted by Gasteiger charge is -1.99. The number of carboxylic acids is 1. The molecular formula is C18H32O2S. The van der Waals surface area contributed by atoms with Crippen molar-refractivity contribution in [2.24, 2.45) is 0 Å². The van der Waals surface area contributed by atoms with E-state index in [0.29, 0.717) is 6.42 Å². The monoisotopic (exact) mass is 312 g/mol. The van der Waals surface area contributed by atoms with E-state index in [4.69, 9.17) is 5.11 Å². The average molecular weight is 313 g/mol. The first-order chi connectivity index (χ1) is 10.2. The lowest BCUT2D eigenvalue weighted by molar-refractivity contribution is -0.137. The molecule has 1 fully saturated rings. The van der Waals surface area contributed by atoms with Crippen molar-refractivity contribution < 1.29 is 9.90 Å². The van der Waals surface area contributed by atoms with Crippen molar-refractivity contribution in [2.75, 3.05) is 0 Å². The lowest BCUT2D eigenvalue weighted by Crippen LogP contribution is -1.94. The van der Waals surface area contributed by atoms with Crippen molar-refractivity contribution in [3.63, 3.8) is 0 Å². The molecule has 1 heterocycles. The molecule has 1 aliphatic rings. The van der Waals surface area contributed by atoms with E-state index in [9.17, 15) is 4.79 Å². The molecule has 0 radical (unpaired) electrons. The van der Waals surface area contributed by atoms with Crippen molar-refractivity contribution in [2.45, 2.75) is 94.5 Å². The van der Waals surface area contributed by atoms with Gasteiger partial charge in [-0.1, -0.05) is 57.6 Å². The number of thioether (sulfide) groups is 1. The highest BCUT2D eigenvalue weighted by Gasteiger charge is 2.35. The second-order valence-corrected chi connectivity index (χ2v) is 7.60. The molecule has 0 amide bonds. The van der Waals surface area contributed by atoms with Crippen molar-refractivity contribution >= 4 is 17.7 Å². The van der Waals surface area contributed by atoms with Crippen LogP contribution in [0.4, 0.5) is 0 Å². The molecule has 21 heavy (non-hydrogen) atoms. The van der Waals surface area contributed by atoms with Gasteiger partial charge in [0.25, 0.3) is 0 Å². The Morgan fingerprint density at radius 2 is 1.76 bits per heavy atom. The molecule has 0 aliphatic carbocycles. The van der Waals surface area contributed by atoms with Gasteiger partial charge in [0, 0.05) is 16.9 Å². The van der Waals surface area contributed by atoms with Crippen LogP contribution >= 0.6 is 11.8 Å². The van der Waals surface area contributed by atoms with Crippen LogP contribution in [-0.4, -0.2) is 21.6 Å². The van der Waals surface area contributed by atoms with E-state index in [1.165, 1.54) is 57.8 Å². The standard InChI is InChI=1S/C18H32O2S/c1-2-3-4-5-7-10-13-16-17(21-16)14-11-8-6-9-12-15-18(19)20/h7,10,16-17H,2-6,8-9,11-15H2,1H3,(H,19,20)/b10-7+. The Hall–Kier alpha value is -0.440. The molecule has 2 unspecified atom stereocenters. The fraction of sp³-hybridized carbons (Fsp3) is 0.833. The first kappa shape index (κ1) is 18.6. The average Bonchev–Trinajstić information content (AvgIpc) is 3.20. The van der Waals surface area contributed by atoms with Crippen LogP contribution in [0.25, 0.3) is 0 Å². The predicted molar refractivity (Wildman–Crippen MR) is 93.0 cm³/mol. The minimum atomic E-state index is -0.657. The molecular weight excluding hydrogens is 280 g/mol. The molecule has 3 heteroatoms. The van der Waals surface area contributed by atoms with Gasteiger partial charge >= 0.3 is 5.97 Å². The summed E-state index contributed by atoms with van der Waals surface area (Å²) < 4.78 is 0. The number of aliphatic carboxylic acids is 1. The highest BCUT2D eigenvalue weighted by molar-refractivity contribution is 8.07. The van der Waals surface area contributed by atoms with Crippen LogP contribution in [0.2, 0.25) is 0 Å². The molecule has 0 aromatic carbocycles. The van der Waals surface area contributed by atoms with Crippen LogP contribution in [0.3, 0.4) is 0 Å². The Labute approximate surface area is 134 Å². The summed E-state index contributed by atoms with van der Waals surface area (Å²) in [6, 6.07) is 0. The third-order valence-corrected chi connectivity index (χ3v) is 5.55. The number of hydrogen-bond acceptors (Lipinski definition) is 2. The molecule has 0 saturated carbocycles. The Morgan fingerprint density at radius 3 is 2.52 bits per heavy atom. The summed E-state index contributed by atoms with van der Waals surface area (Å²) in [6.45, 7) is 2.25. The summed E-state index contributed by atoms with van der Waals surface area (Å²) in [5.41, 5.74) is 0. The fourth-order valence-corrected chi connectivity index (χ4v) is 3.78. The van der Waals surface area contributed by atoms with E-state index < -0.39 is 5.97 Å². The molecule has 0 spiro atoms. The first-order valence-electron chi connectivity index (χ1n) is 8.76. The van der Waals surface area contributed by atoms with Gasteiger partial charge in [-0.15, -0.1) is 0 Å². The van der Waals surface area contributed by atoms with E-state index in [2.05, 4.69) is 30.8 Å². The zero-order chi connectivity index (χ0) is 15.3. The Balaban J connectivity index is 1.83. The van der Waals surface area contributed by atoms with Crippen LogP contribution in [0.5, 0.6) is 0 Å². The molecule has 1 saturated heterocycles. The molecule has 1 N–H and O–H groups in total. The van der Waals surface area contributed by atoms with Gasteiger partial charge in [-0.25, -0.2) is 0 Å². The van der Waals surface area contributed by atoms with Gasteiger partial charge in [-0.2, -0.15) is 11.8 Å². The van der Waals surface area contributed by atoms with Gasteiger partial charge in [-0.05, 0) is 32.1 Å². The van der Waals surface area contributed by atoms with Crippen LogP contribution in [0, 0.1) is 0 Å². The van der Waals surface area contributed by atoms with Crippen LogP contribution in [-0.2, 0) is 4.79 Å². The maximum atomic E-state index is 10.4. The van der Waals surface area contributed by atoms with Gasteiger partial charge in [0.2, 0.25) is 0 Å². The van der Waals surface area contributed by atoms with E-state index in [1.807, 2.05) is 0 Å². The number of carbonyl (C=O) groups is 1. The first-order valence-corrected chi connectivity index (χ1v) is 9.70. The van der Waals surface area contributed by atoms with Gasteiger partial charge in [0.1, 0.15) is 0 Å².